The van der Waals surface area contributed by atoms with E-state index < -0.39 is 29.0 Å². The molecule has 0 saturated heterocycles. The first-order valence-electron chi connectivity index (χ1n) is 5.94. The Kier molecular flexibility index (Phi) is 4.95. The molecule has 0 unspecified atom stereocenters. The first-order chi connectivity index (χ1) is 10.4. The van der Waals surface area contributed by atoms with Gasteiger partial charge in [0.1, 0.15) is 18.0 Å². The van der Waals surface area contributed by atoms with Crippen LogP contribution >= 0.6 is 23.2 Å². The van der Waals surface area contributed by atoms with Crippen LogP contribution in [0.3, 0.4) is 0 Å². The van der Waals surface area contributed by atoms with Crippen LogP contribution in [0.25, 0.3) is 0 Å². The molecule has 0 spiro atoms. The van der Waals surface area contributed by atoms with Crippen LogP contribution in [-0.4, -0.2) is 10.9 Å². The van der Waals surface area contributed by atoms with Crippen LogP contribution in [0.15, 0.2) is 36.4 Å². The Labute approximate surface area is 134 Å². The van der Waals surface area contributed by atoms with Crippen molar-refractivity contribution in [2.45, 2.75) is 6.61 Å². The highest BCUT2D eigenvalue weighted by molar-refractivity contribution is 6.31. The third-order valence-corrected chi connectivity index (χ3v) is 3.37. The van der Waals surface area contributed by atoms with Gasteiger partial charge in [-0.15, -0.1) is 0 Å². The molecule has 22 heavy (non-hydrogen) atoms. The van der Waals surface area contributed by atoms with Crippen molar-refractivity contribution >= 4 is 34.9 Å². The van der Waals surface area contributed by atoms with Gasteiger partial charge in [0.2, 0.25) is 0 Å². The molecule has 2 rings (SSSR count). The maximum Gasteiger partial charge on any atom is 0.345 e. The lowest BCUT2D eigenvalue weighted by Crippen LogP contribution is -2.09. The Morgan fingerprint density at radius 3 is 2.64 bits per heavy atom. The number of rotatable bonds is 4. The Morgan fingerprint density at radius 1 is 1.27 bits per heavy atom. The lowest BCUT2D eigenvalue weighted by molar-refractivity contribution is -0.385. The number of ether oxygens (including phenoxy) is 1. The van der Waals surface area contributed by atoms with E-state index in [0.29, 0.717) is 0 Å². The molecule has 0 aromatic heterocycles. The summed E-state index contributed by atoms with van der Waals surface area (Å²) >= 11 is 11.5. The van der Waals surface area contributed by atoms with Gasteiger partial charge in [0.05, 0.1) is 9.95 Å². The van der Waals surface area contributed by atoms with E-state index in [-0.39, 0.29) is 21.2 Å². The molecule has 114 valence electrons. The zero-order valence-corrected chi connectivity index (χ0v) is 12.4. The number of benzene rings is 2. The maximum atomic E-state index is 13.6. The summed E-state index contributed by atoms with van der Waals surface area (Å²) in [5, 5.41) is 11.1. The topological polar surface area (TPSA) is 69.4 Å². The van der Waals surface area contributed by atoms with Crippen LogP contribution in [-0.2, 0) is 11.3 Å². The molecule has 0 heterocycles. The Bertz CT molecular complexity index is 731. The second-order valence-electron chi connectivity index (χ2n) is 4.19. The summed E-state index contributed by atoms with van der Waals surface area (Å²) in [6.07, 6.45) is 0. The smallest absolute Gasteiger partial charge is 0.345 e. The first kappa shape index (κ1) is 16.2. The van der Waals surface area contributed by atoms with E-state index in [4.69, 9.17) is 27.9 Å². The van der Waals surface area contributed by atoms with Crippen LogP contribution in [0.5, 0.6) is 0 Å². The fourth-order valence-corrected chi connectivity index (χ4v) is 2.11. The van der Waals surface area contributed by atoms with Crippen LogP contribution < -0.4 is 0 Å². The minimum absolute atomic E-state index is 0.0119. The second kappa shape index (κ2) is 6.72. The summed E-state index contributed by atoms with van der Waals surface area (Å²) < 4.78 is 18.5. The molecule has 0 amide bonds. The third-order valence-electron chi connectivity index (χ3n) is 2.78. The summed E-state index contributed by atoms with van der Waals surface area (Å²) in [7, 11) is 0. The molecule has 8 heteroatoms. The van der Waals surface area contributed by atoms with Gasteiger partial charge in [-0.1, -0.05) is 29.3 Å². The van der Waals surface area contributed by atoms with Crippen molar-refractivity contribution in [1.29, 1.82) is 0 Å². The molecule has 0 bridgehead atoms. The van der Waals surface area contributed by atoms with Gasteiger partial charge in [-0.3, -0.25) is 10.1 Å². The first-order valence-corrected chi connectivity index (χ1v) is 6.69. The molecule has 0 radical (unpaired) electrons. The van der Waals surface area contributed by atoms with Gasteiger partial charge >= 0.3 is 5.97 Å². The van der Waals surface area contributed by atoms with Gasteiger partial charge in [0, 0.05) is 16.7 Å². The Balaban J connectivity index is 2.23. The average molecular weight is 344 g/mol. The van der Waals surface area contributed by atoms with E-state index in [9.17, 15) is 19.3 Å². The van der Waals surface area contributed by atoms with Gasteiger partial charge < -0.3 is 4.74 Å². The highest BCUT2D eigenvalue weighted by Gasteiger charge is 2.22. The number of hydrogen-bond acceptors (Lipinski definition) is 4. The van der Waals surface area contributed by atoms with Crippen molar-refractivity contribution in [2.75, 3.05) is 0 Å². The average Bonchev–Trinajstić information content (AvgIpc) is 2.46. The van der Waals surface area contributed by atoms with Crippen molar-refractivity contribution in [3.63, 3.8) is 0 Å². The molecule has 0 atom stereocenters. The van der Waals surface area contributed by atoms with Gasteiger partial charge in [0.25, 0.3) is 5.69 Å². The van der Waals surface area contributed by atoms with Crippen LogP contribution in [0.2, 0.25) is 10.0 Å². The van der Waals surface area contributed by atoms with Crippen molar-refractivity contribution in [3.8, 4) is 0 Å². The summed E-state index contributed by atoms with van der Waals surface area (Å²) in [5.74, 6) is -1.63. The van der Waals surface area contributed by atoms with E-state index in [2.05, 4.69) is 0 Å². The summed E-state index contributed by atoms with van der Waals surface area (Å²) in [4.78, 5) is 22.1. The number of carbonyl (C=O) groups is 1. The molecule has 0 aliphatic carbocycles. The van der Waals surface area contributed by atoms with Crippen LogP contribution in [0.1, 0.15) is 15.9 Å². The highest BCUT2D eigenvalue weighted by atomic mass is 35.5. The van der Waals surface area contributed by atoms with Gasteiger partial charge in [-0.2, -0.15) is 0 Å². The summed E-state index contributed by atoms with van der Waals surface area (Å²) in [6.45, 7) is -0.450. The molecule has 2 aromatic rings. The standard InChI is InChI=1S/C14H8Cl2FNO4/c15-8-4-5-13(18(20)21)9(6-8)14(19)22-7-10-11(16)2-1-3-12(10)17/h1-6H,7H2. The molecular formula is C14H8Cl2FNO4. The number of nitrogens with zero attached hydrogens (tertiary/aromatic N) is 1. The van der Waals surface area contributed by atoms with Gasteiger partial charge in [0.15, 0.2) is 0 Å². The minimum Gasteiger partial charge on any atom is -0.457 e. The quantitative estimate of drug-likeness (QED) is 0.468. The minimum atomic E-state index is -0.992. The van der Waals surface area contributed by atoms with E-state index in [0.717, 1.165) is 18.2 Å². The zero-order chi connectivity index (χ0) is 16.3. The van der Waals surface area contributed by atoms with E-state index in [1.807, 2.05) is 0 Å². The van der Waals surface area contributed by atoms with Crippen LogP contribution in [0, 0.1) is 15.9 Å². The van der Waals surface area contributed by atoms with Gasteiger partial charge in [-0.05, 0) is 24.3 Å². The fourth-order valence-electron chi connectivity index (χ4n) is 1.72. The Hall–Kier alpha value is -2.18. The zero-order valence-electron chi connectivity index (χ0n) is 10.9. The number of hydrogen-bond donors (Lipinski definition) is 0. The Morgan fingerprint density at radius 2 is 2.00 bits per heavy atom. The van der Waals surface area contributed by atoms with Gasteiger partial charge in [-0.25, -0.2) is 9.18 Å². The van der Waals surface area contributed by atoms with Crippen molar-refractivity contribution in [2.24, 2.45) is 0 Å². The normalized spacial score (nSPS) is 10.3. The number of esters is 1. The highest BCUT2D eigenvalue weighted by Crippen LogP contribution is 2.25. The fraction of sp³-hybridized carbons (Fsp3) is 0.0714. The summed E-state index contributed by atoms with van der Waals surface area (Å²) in [5.41, 5.74) is -0.777. The maximum absolute atomic E-state index is 13.6. The number of nitro groups is 1. The number of halogens is 3. The lowest BCUT2D eigenvalue weighted by atomic mass is 10.2. The lowest BCUT2D eigenvalue weighted by Gasteiger charge is -2.08. The molecule has 0 aliphatic rings. The summed E-state index contributed by atoms with van der Waals surface area (Å²) in [6, 6.07) is 7.50. The predicted molar refractivity (Wildman–Crippen MR) is 78.6 cm³/mol. The van der Waals surface area contributed by atoms with E-state index in [1.54, 1.807) is 0 Å². The molecule has 0 N–H and O–H groups in total. The van der Waals surface area contributed by atoms with Crippen LogP contribution in [0.4, 0.5) is 10.1 Å². The predicted octanol–water partition coefficient (Wildman–Crippen LogP) is 4.40. The van der Waals surface area contributed by atoms with E-state index >= 15 is 0 Å². The second-order valence-corrected chi connectivity index (χ2v) is 5.04. The van der Waals surface area contributed by atoms with Crippen molar-refractivity contribution in [1.82, 2.24) is 0 Å². The molecule has 5 nitrogen and oxygen atoms in total. The number of nitro benzene ring substituents is 1. The third kappa shape index (κ3) is 3.52. The van der Waals surface area contributed by atoms with E-state index in [1.165, 1.54) is 18.2 Å². The monoisotopic (exact) mass is 343 g/mol. The largest absolute Gasteiger partial charge is 0.457 e. The molecular weight excluding hydrogens is 336 g/mol. The molecule has 2 aromatic carbocycles. The molecule has 0 fully saturated rings. The molecule has 0 saturated carbocycles. The van der Waals surface area contributed by atoms with Crippen molar-refractivity contribution in [3.05, 3.63) is 73.5 Å². The van der Waals surface area contributed by atoms with Crippen molar-refractivity contribution < 1.29 is 18.8 Å². The SMILES string of the molecule is O=C(OCc1c(F)cccc1Cl)c1cc(Cl)ccc1[N+](=O)[O-]. The number of carbonyl (C=O) groups excluding carboxylic acids is 1. The molecule has 0 aliphatic heterocycles.